The van der Waals surface area contributed by atoms with E-state index in [1.165, 1.54) is 0 Å². The molecule has 21 heavy (non-hydrogen) atoms. The van der Waals surface area contributed by atoms with Crippen molar-refractivity contribution in [3.05, 3.63) is 23.8 Å². The van der Waals surface area contributed by atoms with Crippen LogP contribution in [0.3, 0.4) is 0 Å². The molecular formula is C16H25N3O2. The first kappa shape index (κ1) is 15.8. The third-order valence-corrected chi connectivity index (χ3v) is 3.98. The SMILES string of the molecule is Cc1ccoc1-c1noc(CCC(CCN)C(C)(C)C)n1. The predicted molar refractivity (Wildman–Crippen MR) is 81.7 cm³/mol. The lowest BCUT2D eigenvalue weighted by Gasteiger charge is -2.30. The molecular weight excluding hydrogens is 266 g/mol. The largest absolute Gasteiger partial charge is 0.461 e. The summed E-state index contributed by atoms with van der Waals surface area (Å²) in [6.07, 6.45) is 4.42. The van der Waals surface area contributed by atoms with E-state index in [4.69, 9.17) is 14.7 Å². The van der Waals surface area contributed by atoms with E-state index in [1.807, 2.05) is 13.0 Å². The van der Waals surface area contributed by atoms with Crippen LogP contribution in [0, 0.1) is 18.3 Å². The van der Waals surface area contributed by atoms with E-state index < -0.39 is 0 Å². The summed E-state index contributed by atoms with van der Waals surface area (Å²) < 4.78 is 10.7. The van der Waals surface area contributed by atoms with Gasteiger partial charge in [0.2, 0.25) is 11.7 Å². The molecule has 2 aromatic heterocycles. The van der Waals surface area contributed by atoms with E-state index in [0.717, 1.165) is 24.8 Å². The van der Waals surface area contributed by atoms with Gasteiger partial charge in [-0.05, 0) is 49.3 Å². The van der Waals surface area contributed by atoms with Gasteiger partial charge in [0, 0.05) is 6.42 Å². The molecule has 0 aromatic carbocycles. The molecule has 0 aliphatic heterocycles. The highest BCUT2D eigenvalue weighted by Crippen LogP contribution is 2.32. The maximum atomic E-state index is 5.72. The van der Waals surface area contributed by atoms with Crippen molar-refractivity contribution in [2.45, 2.75) is 47.0 Å². The van der Waals surface area contributed by atoms with Gasteiger partial charge >= 0.3 is 0 Å². The fraction of sp³-hybridized carbons (Fsp3) is 0.625. The van der Waals surface area contributed by atoms with E-state index in [0.29, 0.717) is 29.9 Å². The Kier molecular flexibility index (Phi) is 4.83. The zero-order valence-electron chi connectivity index (χ0n) is 13.3. The van der Waals surface area contributed by atoms with E-state index >= 15 is 0 Å². The second kappa shape index (κ2) is 6.43. The lowest BCUT2D eigenvalue weighted by molar-refractivity contribution is 0.208. The van der Waals surface area contributed by atoms with Crippen molar-refractivity contribution >= 4 is 0 Å². The smallest absolute Gasteiger partial charge is 0.238 e. The third-order valence-electron chi connectivity index (χ3n) is 3.98. The maximum Gasteiger partial charge on any atom is 0.238 e. The molecule has 2 aromatic rings. The third kappa shape index (κ3) is 3.94. The monoisotopic (exact) mass is 291 g/mol. The number of hydrogen-bond donors (Lipinski definition) is 1. The van der Waals surface area contributed by atoms with Gasteiger partial charge in [0.15, 0.2) is 5.76 Å². The Hall–Kier alpha value is -1.62. The van der Waals surface area contributed by atoms with Crippen LogP contribution in [0.1, 0.15) is 45.1 Å². The maximum absolute atomic E-state index is 5.72. The van der Waals surface area contributed by atoms with Crippen molar-refractivity contribution in [3.63, 3.8) is 0 Å². The van der Waals surface area contributed by atoms with Gasteiger partial charge in [-0.1, -0.05) is 25.9 Å². The molecule has 0 fully saturated rings. The number of nitrogens with two attached hydrogens (primary N) is 1. The molecule has 2 rings (SSSR count). The molecule has 1 atom stereocenters. The molecule has 2 N–H and O–H groups in total. The average Bonchev–Trinajstić information content (AvgIpc) is 3.01. The highest BCUT2D eigenvalue weighted by Gasteiger charge is 2.24. The molecule has 5 heteroatoms. The second-order valence-electron chi connectivity index (χ2n) is 6.62. The Bertz CT molecular complexity index is 566. The standard InChI is InChI=1S/C16H25N3O2/c1-11-8-10-20-14(11)15-18-13(21-19-15)6-5-12(7-9-17)16(2,3)4/h8,10,12H,5-7,9,17H2,1-4H3. The van der Waals surface area contributed by atoms with Gasteiger partial charge in [0.05, 0.1) is 6.26 Å². The van der Waals surface area contributed by atoms with Crippen LogP contribution < -0.4 is 5.73 Å². The summed E-state index contributed by atoms with van der Waals surface area (Å²) in [6.45, 7) is 9.42. The summed E-state index contributed by atoms with van der Waals surface area (Å²) in [4.78, 5) is 4.42. The van der Waals surface area contributed by atoms with Crippen LogP contribution >= 0.6 is 0 Å². The van der Waals surface area contributed by atoms with E-state index in [2.05, 4.69) is 30.9 Å². The molecule has 0 spiro atoms. The van der Waals surface area contributed by atoms with Crippen LogP contribution in [0.25, 0.3) is 11.6 Å². The number of aromatic nitrogens is 2. The number of rotatable bonds is 6. The Balaban J connectivity index is 2.01. The molecule has 0 bridgehead atoms. The molecule has 0 saturated heterocycles. The molecule has 2 heterocycles. The van der Waals surface area contributed by atoms with Crippen LogP contribution in [-0.4, -0.2) is 16.7 Å². The minimum absolute atomic E-state index is 0.236. The quantitative estimate of drug-likeness (QED) is 0.880. The van der Waals surface area contributed by atoms with Gasteiger partial charge in [-0.3, -0.25) is 0 Å². The predicted octanol–water partition coefficient (Wildman–Crippen LogP) is 3.58. The highest BCUT2D eigenvalue weighted by atomic mass is 16.5. The Morgan fingerprint density at radius 3 is 2.62 bits per heavy atom. The van der Waals surface area contributed by atoms with Gasteiger partial charge in [-0.2, -0.15) is 4.98 Å². The average molecular weight is 291 g/mol. The van der Waals surface area contributed by atoms with Crippen molar-refractivity contribution in [1.82, 2.24) is 10.1 Å². The van der Waals surface area contributed by atoms with Gasteiger partial charge in [-0.15, -0.1) is 0 Å². The normalized spacial score (nSPS) is 13.6. The van der Waals surface area contributed by atoms with Crippen LogP contribution in [0.15, 0.2) is 21.3 Å². The van der Waals surface area contributed by atoms with Crippen molar-refractivity contribution in [3.8, 4) is 11.6 Å². The summed E-state index contributed by atoms with van der Waals surface area (Å²) in [7, 11) is 0. The molecule has 0 saturated carbocycles. The van der Waals surface area contributed by atoms with Crippen LogP contribution in [0.5, 0.6) is 0 Å². The van der Waals surface area contributed by atoms with E-state index in [9.17, 15) is 0 Å². The summed E-state index contributed by atoms with van der Waals surface area (Å²) in [5.41, 5.74) is 6.96. The topological polar surface area (TPSA) is 78.1 Å². The number of hydrogen-bond acceptors (Lipinski definition) is 5. The summed E-state index contributed by atoms with van der Waals surface area (Å²) in [6, 6.07) is 1.89. The molecule has 0 amide bonds. The van der Waals surface area contributed by atoms with Gasteiger partial charge in [-0.25, -0.2) is 0 Å². The van der Waals surface area contributed by atoms with Crippen molar-refractivity contribution in [2.24, 2.45) is 17.1 Å². The summed E-state index contributed by atoms with van der Waals surface area (Å²) in [5.74, 6) is 2.41. The minimum atomic E-state index is 0.236. The lowest BCUT2D eigenvalue weighted by atomic mass is 9.76. The number of furan rings is 1. The van der Waals surface area contributed by atoms with E-state index in [-0.39, 0.29) is 5.41 Å². The fourth-order valence-electron chi connectivity index (χ4n) is 2.56. The number of nitrogens with zero attached hydrogens (tertiary/aromatic N) is 2. The Morgan fingerprint density at radius 2 is 2.05 bits per heavy atom. The van der Waals surface area contributed by atoms with Crippen LogP contribution in [0.2, 0.25) is 0 Å². The number of aryl methyl sites for hydroxylation is 2. The van der Waals surface area contributed by atoms with Gasteiger partial charge < -0.3 is 14.7 Å². The molecule has 0 aliphatic rings. The minimum Gasteiger partial charge on any atom is -0.461 e. The first-order valence-electron chi connectivity index (χ1n) is 7.49. The first-order valence-corrected chi connectivity index (χ1v) is 7.49. The van der Waals surface area contributed by atoms with E-state index in [1.54, 1.807) is 6.26 Å². The molecule has 0 radical (unpaired) electrons. The van der Waals surface area contributed by atoms with Gasteiger partial charge in [0.1, 0.15) is 0 Å². The van der Waals surface area contributed by atoms with Crippen LogP contribution in [-0.2, 0) is 6.42 Å². The van der Waals surface area contributed by atoms with Gasteiger partial charge in [0.25, 0.3) is 0 Å². The molecule has 0 aliphatic carbocycles. The van der Waals surface area contributed by atoms with Crippen molar-refractivity contribution in [1.29, 1.82) is 0 Å². The summed E-state index contributed by atoms with van der Waals surface area (Å²) >= 11 is 0. The van der Waals surface area contributed by atoms with Crippen molar-refractivity contribution in [2.75, 3.05) is 6.54 Å². The zero-order valence-corrected chi connectivity index (χ0v) is 13.3. The first-order chi connectivity index (χ1) is 9.91. The second-order valence-corrected chi connectivity index (χ2v) is 6.62. The Morgan fingerprint density at radius 1 is 1.29 bits per heavy atom. The zero-order chi connectivity index (χ0) is 15.5. The molecule has 1 unspecified atom stereocenters. The Labute approximate surface area is 125 Å². The van der Waals surface area contributed by atoms with Crippen molar-refractivity contribution < 1.29 is 8.94 Å². The fourth-order valence-corrected chi connectivity index (χ4v) is 2.56. The molecule has 5 nitrogen and oxygen atoms in total. The summed E-state index contributed by atoms with van der Waals surface area (Å²) in [5, 5.41) is 4.00. The molecule has 116 valence electrons. The van der Waals surface area contributed by atoms with Crippen LogP contribution in [0.4, 0.5) is 0 Å². The highest BCUT2D eigenvalue weighted by molar-refractivity contribution is 5.50. The lowest BCUT2D eigenvalue weighted by Crippen LogP contribution is -2.24.